The first-order valence-corrected chi connectivity index (χ1v) is 7.06. The molecule has 0 saturated heterocycles. The molecule has 0 atom stereocenters. The van der Waals surface area contributed by atoms with Gasteiger partial charge in [-0.25, -0.2) is 4.79 Å². The van der Waals surface area contributed by atoms with Crippen LogP contribution in [0.1, 0.15) is 20.1 Å². The first kappa shape index (κ1) is 14.8. The summed E-state index contributed by atoms with van der Waals surface area (Å²) in [4.78, 5) is 16.9. The predicted molar refractivity (Wildman–Crippen MR) is 80.1 cm³/mol. The Kier molecular flexibility index (Phi) is 5.00. The molecule has 1 aromatic heterocycles. The molecule has 2 aromatic rings. The van der Waals surface area contributed by atoms with Crippen molar-refractivity contribution < 1.29 is 14.7 Å². The van der Waals surface area contributed by atoms with Gasteiger partial charge >= 0.3 is 5.97 Å². The molecule has 0 spiro atoms. The van der Waals surface area contributed by atoms with E-state index in [1.807, 2.05) is 0 Å². The van der Waals surface area contributed by atoms with E-state index in [9.17, 15) is 4.79 Å². The molecule has 7 heteroatoms. The van der Waals surface area contributed by atoms with Crippen LogP contribution in [0.4, 0.5) is 0 Å². The molecule has 0 aliphatic heterocycles. The van der Waals surface area contributed by atoms with Crippen molar-refractivity contribution in [2.75, 3.05) is 0 Å². The average molecular weight is 330 g/mol. The van der Waals surface area contributed by atoms with Crippen LogP contribution in [0.2, 0.25) is 10.0 Å². The molecule has 0 amide bonds. The van der Waals surface area contributed by atoms with Crippen molar-refractivity contribution in [1.82, 2.24) is 0 Å². The zero-order valence-electron chi connectivity index (χ0n) is 10.0. The van der Waals surface area contributed by atoms with E-state index < -0.39 is 5.97 Å². The lowest BCUT2D eigenvalue weighted by atomic mass is 10.2. The number of rotatable bonds is 5. The van der Waals surface area contributed by atoms with Crippen molar-refractivity contribution in [2.24, 2.45) is 5.16 Å². The number of carbonyl (C=O) groups is 1. The molecule has 0 aliphatic carbocycles. The highest BCUT2D eigenvalue weighted by atomic mass is 35.5. The lowest BCUT2D eigenvalue weighted by Crippen LogP contribution is -1.89. The Morgan fingerprint density at radius 1 is 1.30 bits per heavy atom. The van der Waals surface area contributed by atoms with Gasteiger partial charge in [0.1, 0.15) is 4.88 Å². The molecule has 0 radical (unpaired) electrons. The highest BCUT2D eigenvalue weighted by Crippen LogP contribution is 2.22. The lowest BCUT2D eigenvalue weighted by molar-refractivity contribution is 0.0702. The number of hydrogen-bond acceptors (Lipinski definition) is 4. The minimum atomic E-state index is -0.944. The summed E-state index contributed by atoms with van der Waals surface area (Å²) in [6.45, 7) is 0.218. The van der Waals surface area contributed by atoms with Gasteiger partial charge in [-0.3, -0.25) is 0 Å². The van der Waals surface area contributed by atoms with E-state index in [1.165, 1.54) is 12.3 Å². The fourth-order valence-corrected chi connectivity index (χ4v) is 2.42. The normalized spacial score (nSPS) is 10.9. The molecule has 0 saturated carbocycles. The second kappa shape index (κ2) is 6.74. The number of oxime groups is 1. The SMILES string of the molecule is O=C(O)c1ccc(CO/N=C/c2ccc(Cl)c(Cl)c2)s1. The summed E-state index contributed by atoms with van der Waals surface area (Å²) in [7, 11) is 0. The molecule has 0 unspecified atom stereocenters. The summed E-state index contributed by atoms with van der Waals surface area (Å²) in [5.41, 5.74) is 0.761. The molecule has 104 valence electrons. The average Bonchev–Trinajstić information content (AvgIpc) is 2.88. The van der Waals surface area contributed by atoms with E-state index in [0.29, 0.717) is 10.0 Å². The van der Waals surface area contributed by atoms with E-state index in [2.05, 4.69) is 5.16 Å². The van der Waals surface area contributed by atoms with E-state index in [4.69, 9.17) is 33.1 Å². The topological polar surface area (TPSA) is 58.9 Å². The van der Waals surface area contributed by atoms with Gasteiger partial charge in [0.2, 0.25) is 0 Å². The largest absolute Gasteiger partial charge is 0.477 e. The molecule has 1 aromatic carbocycles. The first-order valence-electron chi connectivity index (χ1n) is 5.48. The number of aromatic carboxylic acids is 1. The molecule has 20 heavy (non-hydrogen) atoms. The summed E-state index contributed by atoms with van der Waals surface area (Å²) in [6.07, 6.45) is 1.51. The maximum atomic E-state index is 10.7. The maximum Gasteiger partial charge on any atom is 0.345 e. The van der Waals surface area contributed by atoms with Crippen LogP contribution in [0, 0.1) is 0 Å². The van der Waals surface area contributed by atoms with Gasteiger partial charge in [0.05, 0.1) is 16.3 Å². The Hall–Kier alpha value is -1.56. The summed E-state index contributed by atoms with van der Waals surface area (Å²) in [5, 5.41) is 13.5. The minimum Gasteiger partial charge on any atom is -0.477 e. The van der Waals surface area contributed by atoms with Crippen LogP contribution in [0.25, 0.3) is 0 Å². The zero-order valence-corrected chi connectivity index (χ0v) is 12.4. The van der Waals surface area contributed by atoms with Gasteiger partial charge in [0.15, 0.2) is 6.61 Å². The fourth-order valence-electron chi connectivity index (χ4n) is 1.36. The van der Waals surface area contributed by atoms with Crippen molar-refractivity contribution in [3.63, 3.8) is 0 Å². The number of halogens is 2. The summed E-state index contributed by atoms with van der Waals surface area (Å²) in [5.74, 6) is -0.944. The van der Waals surface area contributed by atoms with Gasteiger partial charge in [-0.15, -0.1) is 11.3 Å². The van der Waals surface area contributed by atoms with Crippen LogP contribution in [0.3, 0.4) is 0 Å². The van der Waals surface area contributed by atoms with Gasteiger partial charge in [-0.2, -0.15) is 0 Å². The van der Waals surface area contributed by atoms with Crippen LogP contribution in [-0.4, -0.2) is 17.3 Å². The molecular formula is C13H9Cl2NO3S. The quantitative estimate of drug-likeness (QED) is 0.657. The first-order chi connectivity index (χ1) is 9.56. The Labute approximate surface area is 129 Å². The molecule has 2 rings (SSSR count). The van der Waals surface area contributed by atoms with Gasteiger partial charge in [-0.1, -0.05) is 34.4 Å². The third-order valence-electron chi connectivity index (χ3n) is 2.30. The molecule has 0 aliphatic rings. The van der Waals surface area contributed by atoms with Gasteiger partial charge in [0, 0.05) is 4.88 Å². The van der Waals surface area contributed by atoms with Crippen LogP contribution < -0.4 is 0 Å². The molecule has 0 bridgehead atoms. The number of thiophene rings is 1. The van der Waals surface area contributed by atoms with Crippen molar-refractivity contribution in [1.29, 1.82) is 0 Å². The third kappa shape index (κ3) is 3.96. The van der Waals surface area contributed by atoms with Crippen LogP contribution in [0.5, 0.6) is 0 Å². The number of benzene rings is 1. The molecule has 1 N–H and O–H groups in total. The number of nitrogens with zero attached hydrogens (tertiary/aromatic N) is 1. The number of carboxylic acids is 1. The van der Waals surface area contributed by atoms with Crippen molar-refractivity contribution >= 4 is 46.7 Å². The number of hydrogen-bond donors (Lipinski definition) is 1. The Morgan fingerprint density at radius 2 is 2.10 bits per heavy atom. The van der Waals surface area contributed by atoms with Gasteiger partial charge < -0.3 is 9.94 Å². The second-order valence-corrected chi connectivity index (χ2v) is 5.74. The van der Waals surface area contributed by atoms with E-state index in [1.54, 1.807) is 24.3 Å². The van der Waals surface area contributed by atoms with Crippen LogP contribution >= 0.6 is 34.5 Å². The minimum absolute atomic E-state index is 0.218. The standard InChI is InChI=1S/C13H9Cl2NO3S/c14-10-3-1-8(5-11(10)15)6-16-19-7-9-2-4-12(20-9)13(17)18/h1-6H,7H2,(H,17,18)/b16-6+. The van der Waals surface area contributed by atoms with Crippen LogP contribution in [0.15, 0.2) is 35.5 Å². The molecule has 0 fully saturated rings. The highest BCUT2D eigenvalue weighted by molar-refractivity contribution is 7.13. The van der Waals surface area contributed by atoms with Gasteiger partial charge in [0.25, 0.3) is 0 Å². The second-order valence-electron chi connectivity index (χ2n) is 3.75. The maximum absolute atomic E-state index is 10.7. The van der Waals surface area contributed by atoms with Gasteiger partial charge in [-0.05, 0) is 29.8 Å². The lowest BCUT2D eigenvalue weighted by Gasteiger charge is -1.98. The van der Waals surface area contributed by atoms with Crippen molar-refractivity contribution in [3.8, 4) is 0 Å². The summed E-state index contributed by atoms with van der Waals surface area (Å²) in [6, 6.07) is 8.33. The van der Waals surface area contributed by atoms with Crippen molar-refractivity contribution in [3.05, 3.63) is 55.7 Å². The molecule has 1 heterocycles. The Bertz CT molecular complexity index is 655. The monoisotopic (exact) mass is 329 g/mol. The zero-order chi connectivity index (χ0) is 14.5. The summed E-state index contributed by atoms with van der Waals surface area (Å²) >= 11 is 12.8. The fraction of sp³-hybridized carbons (Fsp3) is 0.0769. The summed E-state index contributed by atoms with van der Waals surface area (Å²) < 4.78 is 0. The van der Waals surface area contributed by atoms with Crippen molar-refractivity contribution in [2.45, 2.75) is 6.61 Å². The highest BCUT2D eigenvalue weighted by Gasteiger charge is 2.06. The Morgan fingerprint density at radius 3 is 2.75 bits per heavy atom. The number of carboxylic acid groups (broad SMARTS) is 1. The van der Waals surface area contributed by atoms with E-state index >= 15 is 0 Å². The van der Waals surface area contributed by atoms with E-state index in [0.717, 1.165) is 21.8 Å². The smallest absolute Gasteiger partial charge is 0.345 e. The Balaban J connectivity index is 1.89. The molecular weight excluding hydrogens is 321 g/mol. The van der Waals surface area contributed by atoms with Crippen LogP contribution in [-0.2, 0) is 11.4 Å². The molecule has 4 nitrogen and oxygen atoms in total. The predicted octanol–water partition coefficient (Wildman–Crippen LogP) is 4.30. The third-order valence-corrected chi connectivity index (χ3v) is 4.08. The van der Waals surface area contributed by atoms with E-state index in [-0.39, 0.29) is 11.5 Å².